The highest BCUT2D eigenvalue weighted by Gasteiger charge is 2.19. The predicted octanol–water partition coefficient (Wildman–Crippen LogP) is 18.2. The van der Waals surface area contributed by atoms with E-state index in [1.807, 2.05) is 6.07 Å². The van der Waals surface area contributed by atoms with Gasteiger partial charge in [-0.25, -0.2) is 0 Å². The summed E-state index contributed by atoms with van der Waals surface area (Å²) in [5.41, 5.74) is 16.8. The molecule has 1 aromatic heterocycles. The molecule has 0 aliphatic rings. The summed E-state index contributed by atoms with van der Waals surface area (Å²) >= 11 is 0. The lowest BCUT2D eigenvalue weighted by Gasteiger charge is -2.26. The van der Waals surface area contributed by atoms with Gasteiger partial charge in [-0.05, 0) is 126 Å². The van der Waals surface area contributed by atoms with E-state index in [4.69, 9.17) is 4.42 Å². The first-order valence-corrected chi connectivity index (χ1v) is 22.6. The molecule has 0 spiro atoms. The Balaban J connectivity index is 0.901. The Hall–Kier alpha value is -8.72. The first kappa shape index (κ1) is 38.9. The Kier molecular flexibility index (Phi) is 9.89. The van der Waals surface area contributed by atoms with Crippen molar-refractivity contribution in [2.75, 3.05) is 4.90 Å². The third kappa shape index (κ3) is 7.31. The number of fused-ring (bicyclic) bond motifs is 3. The van der Waals surface area contributed by atoms with Crippen LogP contribution in [0.15, 0.2) is 265 Å². The molecule has 12 rings (SSSR count). The zero-order chi connectivity index (χ0) is 43.8. The molecule has 0 unspecified atom stereocenters. The maximum atomic E-state index is 6.61. The van der Waals surface area contributed by atoms with E-state index < -0.39 is 0 Å². The van der Waals surface area contributed by atoms with E-state index in [9.17, 15) is 0 Å². The molecular weight excluding hydrogens is 799 g/mol. The van der Waals surface area contributed by atoms with Crippen LogP contribution in [0.4, 0.5) is 17.1 Å². The Morgan fingerprint density at radius 1 is 0.258 bits per heavy atom. The number of rotatable bonds is 9. The number of benzene rings is 11. The van der Waals surface area contributed by atoms with E-state index in [1.165, 1.54) is 54.9 Å². The summed E-state index contributed by atoms with van der Waals surface area (Å²) in [7, 11) is 0. The lowest BCUT2D eigenvalue weighted by Crippen LogP contribution is -2.10. The number of furan rings is 1. The molecular formula is C64H43NO. The molecule has 0 radical (unpaired) electrons. The summed E-state index contributed by atoms with van der Waals surface area (Å²) in [4.78, 5) is 2.36. The molecule has 2 heteroatoms. The van der Waals surface area contributed by atoms with Crippen LogP contribution in [0.5, 0.6) is 0 Å². The average molecular weight is 842 g/mol. The highest BCUT2D eigenvalue weighted by atomic mass is 16.3. The van der Waals surface area contributed by atoms with Crippen LogP contribution in [0, 0.1) is 0 Å². The number of para-hydroxylation sites is 1. The first-order chi connectivity index (χ1) is 32.7. The van der Waals surface area contributed by atoms with Crippen LogP contribution in [0.25, 0.3) is 99.5 Å². The Bertz CT molecular complexity index is 3670. The molecule has 0 fully saturated rings. The molecule has 0 saturated heterocycles. The maximum Gasteiger partial charge on any atom is 0.143 e. The Morgan fingerprint density at radius 3 is 1.52 bits per heavy atom. The van der Waals surface area contributed by atoms with E-state index in [0.717, 1.165) is 61.6 Å². The minimum absolute atomic E-state index is 0.877. The number of hydrogen-bond acceptors (Lipinski definition) is 2. The molecule has 0 bridgehead atoms. The largest absolute Gasteiger partial charge is 0.455 e. The zero-order valence-corrected chi connectivity index (χ0v) is 36.2. The van der Waals surface area contributed by atoms with Gasteiger partial charge in [0, 0.05) is 33.6 Å². The van der Waals surface area contributed by atoms with Crippen LogP contribution in [-0.4, -0.2) is 0 Å². The number of hydrogen-bond donors (Lipinski definition) is 0. The van der Waals surface area contributed by atoms with E-state index in [-0.39, 0.29) is 0 Å². The number of nitrogens with zero attached hydrogens (tertiary/aromatic N) is 1. The molecule has 0 aliphatic heterocycles. The van der Waals surface area contributed by atoms with Crippen LogP contribution in [0.3, 0.4) is 0 Å². The summed E-state index contributed by atoms with van der Waals surface area (Å²) in [6, 6.07) is 93.7. The normalized spacial score (nSPS) is 11.3. The van der Waals surface area contributed by atoms with Crippen LogP contribution in [0.1, 0.15) is 0 Å². The lowest BCUT2D eigenvalue weighted by atomic mass is 9.96. The van der Waals surface area contributed by atoms with Crippen molar-refractivity contribution in [1.29, 1.82) is 0 Å². The summed E-state index contributed by atoms with van der Waals surface area (Å²) in [6.07, 6.45) is 0. The maximum absolute atomic E-state index is 6.61. The topological polar surface area (TPSA) is 16.4 Å². The second-order valence-corrected chi connectivity index (χ2v) is 16.9. The Labute approximate surface area is 384 Å². The van der Waals surface area contributed by atoms with Crippen molar-refractivity contribution in [1.82, 2.24) is 0 Å². The molecule has 0 N–H and O–H groups in total. The van der Waals surface area contributed by atoms with E-state index in [2.05, 4.69) is 260 Å². The van der Waals surface area contributed by atoms with Crippen LogP contribution in [-0.2, 0) is 0 Å². The van der Waals surface area contributed by atoms with Crippen molar-refractivity contribution in [2.45, 2.75) is 0 Å². The predicted molar refractivity (Wildman–Crippen MR) is 279 cm³/mol. The van der Waals surface area contributed by atoms with Crippen molar-refractivity contribution < 1.29 is 4.42 Å². The highest BCUT2D eigenvalue weighted by Crippen LogP contribution is 2.43. The molecule has 66 heavy (non-hydrogen) atoms. The van der Waals surface area contributed by atoms with Gasteiger partial charge in [0.15, 0.2) is 0 Å². The molecule has 310 valence electrons. The molecule has 0 saturated carbocycles. The van der Waals surface area contributed by atoms with Crippen molar-refractivity contribution in [3.05, 3.63) is 261 Å². The molecule has 1 heterocycles. The van der Waals surface area contributed by atoms with Gasteiger partial charge in [0.05, 0.1) is 0 Å². The standard InChI is InChI=1S/C64H43NO/c1-2-15-50(16-3-1)63-61-24-8-9-26-62(61)66-64(63)55-21-10-19-52(42-55)47-35-39-57(40-36-47)65(58-22-11-20-53(43-58)54-32-29-44-13-4-5-17-51(44)41-54)56-37-33-46(34-38-56)45-27-30-49(31-28-45)60-25-12-18-48-14-6-7-23-59(48)60/h1-43H. The quantitative estimate of drug-likeness (QED) is 0.144. The van der Waals surface area contributed by atoms with Crippen LogP contribution >= 0.6 is 0 Å². The van der Waals surface area contributed by atoms with Crippen molar-refractivity contribution in [3.8, 4) is 67.0 Å². The van der Waals surface area contributed by atoms with E-state index in [0.29, 0.717) is 0 Å². The van der Waals surface area contributed by atoms with Gasteiger partial charge in [0.25, 0.3) is 0 Å². The molecule has 0 amide bonds. The van der Waals surface area contributed by atoms with Gasteiger partial charge in [-0.1, -0.05) is 206 Å². The molecule has 12 aromatic rings. The van der Waals surface area contributed by atoms with Crippen LogP contribution in [0.2, 0.25) is 0 Å². The molecule has 0 aliphatic carbocycles. The van der Waals surface area contributed by atoms with Gasteiger partial charge in [0.2, 0.25) is 0 Å². The summed E-state index contributed by atoms with van der Waals surface area (Å²) in [5.74, 6) is 0.877. The fourth-order valence-corrected chi connectivity index (χ4v) is 9.55. The second kappa shape index (κ2) is 16.8. The monoisotopic (exact) mass is 841 g/mol. The summed E-state index contributed by atoms with van der Waals surface area (Å²) in [6.45, 7) is 0. The summed E-state index contributed by atoms with van der Waals surface area (Å²) in [5, 5.41) is 6.10. The average Bonchev–Trinajstić information content (AvgIpc) is 3.79. The SMILES string of the molecule is c1ccc(-c2c(-c3cccc(-c4ccc(N(c5ccc(-c6ccc(-c7cccc8ccccc78)cc6)cc5)c5cccc(-c6ccc7ccccc7c6)c5)cc4)c3)oc3ccccc23)cc1. The minimum atomic E-state index is 0.877. The molecule has 11 aromatic carbocycles. The van der Waals surface area contributed by atoms with Crippen molar-refractivity contribution in [3.63, 3.8) is 0 Å². The fraction of sp³-hybridized carbons (Fsp3) is 0. The van der Waals surface area contributed by atoms with Gasteiger partial charge < -0.3 is 9.32 Å². The third-order valence-corrected chi connectivity index (χ3v) is 12.9. The second-order valence-electron chi connectivity index (χ2n) is 16.9. The fourth-order valence-electron chi connectivity index (χ4n) is 9.55. The van der Waals surface area contributed by atoms with Gasteiger partial charge in [-0.3, -0.25) is 0 Å². The van der Waals surface area contributed by atoms with Gasteiger partial charge in [0.1, 0.15) is 11.3 Å². The smallest absolute Gasteiger partial charge is 0.143 e. The molecule has 2 nitrogen and oxygen atoms in total. The minimum Gasteiger partial charge on any atom is -0.455 e. The number of anilines is 3. The van der Waals surface area contributed by atoms with Crippen molar-refractivity contribution >= 4 is 49.6 Å². The van der Waals surface area contributed by atoms with Gasteiger partial charge >= 0.3 is 0 Å². The van der Waals surface area contributed by atoms with E-state index >= 15 is 0 Å². The van der Waals surface area contributed by atoms with Gasteiger partial charge in [-0.2, -0.15) is 0 Å². The van der Waals surface area contributed by atoms with Crippen LogP contribution < -0.4 is 4.90 Å². The van der Waals surface area contributed by atoms with E-state index in [1.54, 1.807) is 0 Å². The Morgan fingerprint density at radius 2 is 0.758 bits per heavy atom. The highest BCUT2D eigenvalue weighted by molar-refractivity contribution is 6.02. The molecule has 0 atom stereocenters. The summed E-state index contributed by atoms with van der Waals surface area (Å²) < 4.78 is 6.61. The first-order valence-electron chi connectivity index (χ1n) is 22.6. The zero-order valence-electron chi connectivity index (χ0n) is 36.2. The lowest BCUT2D eigenvalue weighted by molar-refractivity contribution is 0.632. The van der Waals surface area contributed by atoms with Gasteiger partial charge in [-0.15, -0.1) is 0 Å². The van der Waals surface area contributed by atoms with Crippen molar-refractivity contribution in [2.24, 2.45) is 0 Å². The third-order valence-electron chi connectivity index (χ3n) is 12.9.